The zero-order chi connectivity index (χ0) is 28.6. The van der Waals surface area contributed by atoms with Crippen LogP contribution in [0.5, 0.6) is 5.75 Å². The molecular formula is C36H46N4O2. The summed E-state index contributed by atoms with van der Waals surface area (Å²) >= 11 is 0. The van der Waals surface area contributed by atoms with Gasteiger partial charge in [0.2, 0.25) is 0 Å². The van der Waals surface area contributed by atoms with Crippen molar-refractivity contribution in [3.63, 3.8) is 0 Å². The minimum Gasteiger partial charge on any atom is -0.506 e. The van der Waals surface area contributed by atoms with Crippen LogP contribution in [0.3, 0.4) is 0 Å². The van der Waals surface area contributed by atoms with Crippen LogP contribution in [0.4, 0.5) is 0 Å². The largest absolute Gasteiger partial charge is 0.506 e. The molecule has 6 heteroatoms. The molecule has 3 aliphatic heterocycles. The highest BCUT2D eigenvalue weighted by atomic mass is 16.3. The van der Waals surface area contributed by atoms with E-state index in [2.05, 4.69) is 51.6 Å². The van der Waals surface area contributed by atoms with Crippen LogP contribution in [0, 0.1) is 11.3 Å². The maximum Gasteiger partial charge on any atom is 0.139 e. The van der Waals surface area contributed by atoms with Crippen molar-refractivity contribution in [1.82, 2.24) is 20.2 Å². The van der Waals surface area contributed by atoms with Gasteiger partial charge in [-0.25, -0.2) is 0 Å². The molecule has 0 saturated carbocycles. The maximum absolute atomic E-state index is 12.9. The monoisotopic (exact) mass is 566 g/mol. The summed E-state index contributed by atoms with van der Waals surface area (Å²) in [5.41, 5.74) is 2.71. The number of aliphatic hydroxyl groups is 1. The quantitative estimate of drug-likeness (QED) is 0.242. The number of phenolic OH excluding ortho intramolecular Hbond substituents is 1. The molecule has 3 aromatic rings. The highest BCUT2D eigenvalue weighted by Gasteiger charge is 2.58. The molecule has 0 radical (unpaired) electrons. The Labute approximate surface area is 249 Å². The number of nitrogens with one attached hydrogen (secondary N) is 2. The second kappa shape index (κ2) is 11.6. The van der Waals surface area contributed by atoms with Crippen LogP contribution in [-0.4, -0.2) is 62.9 Å². The van der Waals surface area contributed by atoms with Gasteiger partial charge in [0.1, 0.15) is 5.75 Å². The summed E-state index contributed by atoms with van der Waals surface area (Å²) in [5.74, 6) is 0.532. The van der Waals surface area contributed by atoms with Gasteiger partial charge in [-0.15, -0.1) is 0 Å². The molecule has 5 atom stereocenters. The number of piperidine rings is 1. The lowest BCUT2D eigenvalue weighted by Gasteiger charge is -2.60. The highest BCUT2D eigenvalue weighted by Crippen LogP contribution is 2.56. The molecule has 222 valence electrons. The predicted molar refractivity (Wildman–Crippen MR) is 171 cm³/mol. The number of hydrogen-bond acceptors (Lipinski definition) is 5. The van der Waals surface area contributed by atoms with E-state index in [1.165, 1.54) is 24.8 Å². The number of allylic oxidation sites excluding steroid dienone is 5. The van der Waals surface area contributed by atoms with E-state index in [1.54, 1.807) is 6.07 Å². The van der Waals surface area contributed by atoms with E-state index >= 15 is 0 Å². The molecule has 7 rings (SSSR count). The molecule has 6 nitrogen and oxygen atoms in total. The number of para-hydroxylation sites is 1. The summed E-state index contributed by atoms with van der Waals surface area (Å²) < 4.78 is 0. The number of rotatable bonds is 1. The average Bonchev–Trinajstić information content (AvgIpc) is 3.36. The SMILES string of the molecule is Oc1cccc2c1[nH]c1c(C3=C[C@@]4(O)CC/C=C\CCCCN5CCC3[C@]3(CC/C=C\CCCCNC34)C5)nccc12. The van der Waals surface area contributed by atoms with Crippen molar-refractivity contribution in [2.45, 2.75) is 82.3 Å². The molecule has 5 heterocycles. The third-order valence-electron chi connectivity index (χ3n) is 10.7. The van der Waals surface area contributed by atoms with E-state index in [0.717, 1.165) is 98.6 Å². The van der Waals surface area contributed by atoms with E-state index < -0.39 is 5.60 Å². The molecule has 3 bridgehead atoms. The molecule has 4 N–H and O–H groups in total. The van der Waals surface area contributed by atoms with E-state index in [4.69, 9.17) is 4.98 Å². The summed E-state index contributed by atoms with van der Waals surface area (Å²) in [6.07, 6.45) is 25.2. The zero-order valence-corrected chi connectivity index (χ0v) is 24.8. The number of H-pyrrole nitrogens is 1. The molecule has 3 unspecified atom stereocenters. The molecule has 42 heavy (non-hydrogen) atoms. The first-order valence-electron chi connectivity index (χ1n) is 16.4. The lowest BCUT2D eigenvalue weighted by Crippen LogP contribution is -2.68. The van der Waals surface area contributed by atoms with Crippen LogP contribution in [-0.2, 0) is 0 Å². The summed E-state index contributed by atoms with van der Waals surface area (Å²) in [5, 5.41) is 29.7. The summed E-state index contributed by atoms with van der Waals surface area (Å²) in [7, 11) is 0. The van der Waals surface area contributed by atoms with Gasteiger partial charge in [-0.3, -0.25) is 4.98 Å². The summed E-state index contributed by atoms with van der Waals surface area (Å²) in [6, 6.07) is 7.73. The van der Waals surface area contributed by atoms with Crippen LogP contribution < -0.4 is 5.32 Å². The van der Waals surface area contributed by atoms with E-state index in [9.17, 15) is 10.2 Å². The van der Waals surface area contributed by atoms with Crippen molar-refractivity contribution in [2.75, 3.05) is 26.2 Å². The Kier molecular flexibility index (Phi) is 7.72. The van der Waals surface area contributed by atoms with E-state index in [-0.39, 0.29) is 23.1 Å². The van der Waals surface area contributed by atoms with E-state index in [0.29, 0.717) is 6.42 Å². The molecule has 1 spiro atoms. The van der Waals surface area contributed by atoms with Crippen molar-refractivity contribution in [3.05, 3.63) is 66.5 Å². The Morgan fingerprint density at radius 3 is 2.52 bits per heavy atom. The van der Waals surface area contributed by atoms with Crippen molar-refractivity contribution >= 4 is 27.4 Å². The predicted octanol–water partition coefficient (Wildman–Crippen LogP) is 6.86. The van der Waals surface area contributed by atoms with Crippen molar-refractivity contribution in [1.29, 1.82) is 0 Å². The fourth-order valence-corrected chi connectivity index (χ4v) is 8.75. The normalized spacial score (nSPS) is 34.3. The number of nitrogens with zero attached hydrogens (tertiary/aromatic N) is 2. The van der Waals surface area contributed by atoms with Gasteiger partial charge in [0.25, 0.3) is 0 Å². The zero-order valence-electron chi connectivity index (χ0n) is 24.8. The molecule has 0 amide bonds. The average molecular weight is 567 g/mol. The van der Waals surface area contributed by atoms with Crippen molar-refractivity contribution < 1.29 is 10.2 Å². The Morgan fingerprint density at radius 1 is 0.857 bits per heavy atom. The van der Waals surface area contributed by atoms with Crippen LogP contribution in [0.25, 0.3) is 27.4 Å². The molecule has 2 aromatic heterocycles. The lowest BCUT2D eigenvalue weighted by molar-refractivity contribution is -0.0798. The van der Waals surface area contributed by atoms with Crippen LogP contribution in [0.15, 0.2) is 60.8 Å². The minimum atomic E-state index is -0.997. The topological polar surface area (TPSA) is 84.4 Å². The number of fused-ring (bicyclic) bond motifs is 4. The van der Waals surface area contributed by atoms with Gasteiger partial charge in [-0.05, 0) is 120 Å². The van der Waals surface area contributed by atoms with Crippen LogP contribution in [0.1, 0.15) is 76.3 Å². The molecule has 1 aliphatic carbocycles. The Bertz CT molecular complexity index is 1520. The summed E-state index contributed by atoms with van der Waals surface area (Å²) in [6.45, 7) is 4.13. The van der Waals surface area contributed by atoms with Gasteiger partial charge in [0.15, 0.2) is 0 Å². The Morgan fingerprint density at radius 2 is 1.64 bits per heavy atom. The first-order valence-corrected chi connectivity index (χ1v) is 16.4. The van der Waals surface area contributed by atoms with Crippen molar-refractivity contribution in [2.24, 2.45) is 11.3 Å². The smallest absolute Gasteiger partial charge is 0.139 e. The fraction of sp³-hybridized carbons (Fsp3) is 0.528. The molecular weight excluding hydrogens is 520 g/mol. The van der Waals surface area contributed by atoms with Crippen LogP contribution >= 0.6 is 0 Å². The van der Waals surface area contributed by atoms with Gasteiger partial charge in [0.05, 0.1) is 22.3 Å². The third-order valence-corrected chi connectivity index (χ3v) is 10.7. The van der Waals surface area contributed by atoms with Gasteiger partial charge in [-0.2, -0.15) is 0 Å². The molecule has 1 aromatic carbocycles. The highest BCUT2D eigenvalue weighted by molar-refractivity contribution is 6.11. The number of hydrogen-bond donors (Lipinski definition) is 4. The maximum atomic E-state index is 12.9. The molecule has 4 aliphatic rings. The van der Waals surface area contributed by atoms with Gasteiger partial charge < -0.3 is 25.4 Å². The number of pyridine rings is 1. The Balaban J connectivity index is 1.44. The number of aromatic hydroxyl groups is 1. The molecule has 1 saturated heterocycles. The van der Waals surface area contributed by atoms with Gasteiger partial charge in [-0.1, -0.05) is 36.4 Å². The fourth-order valence-electron chi connectivity index (χ4n) is 8.75. The standard InChI is InChI=1S/C36H46N4O2/c41-30-15-13-14-26-27-16-21-37-32(33(27)39-31(26)30)28-24-36(42)19-10-6-2-4-8-12-22-40-23-17-29(28)35(25-40)18-9-5-1-3-7-11-20-38-34(35)36/h1-2,5-6,13-16,21,24,29,34,38-39,41-42H,3-4,7-12,17-20,22-23,25H2/b5-1-,6-2-/t29?,34?,35-,36-/m0/s1. The van der Waals surface area contributed by atoms with Gasteiger partial charge >= 0.3 is 0 Å². The van der Waals surface area contributed by atoms with Crippen LogP contribution in [0.2, 0.25) is 0 Å². The Hall–Kier alpha value is -2.93. The number of benzene rings is 1. The number of aromatic amines is 1. The molecule has 1 fully saturated rings. The third kappa shape index (κ3) is 4.91. The van der Waals surface area contributed by atoms with Gasteiger partial charge in [0, 0.05) is 35.0 Å². The minimum absolute atomic E-state index is 0.0202. The second-order valence-electron chi connectivity index (χ2n) is 13.2. The number of phenols is 1. The van der Waals surface area contributed by atoms with E-state index in [1.807, 2.05) is 18.3 Å². The lowest BCUT2D eigenvalue weighted by atomic mass is 9.53. The summed E-state index contributed by atoms with van der Waals surface area (Å²) in [4.78, 5) is 11.3. The second-order valence-corrected chi connectivity index (χ2v) is 13.2. The first-order chi connectivity index (χ1) is 20.6. The first kappa shape index (κ1) is 27.9. The number of aromatic nitrogens is 2. The van der Waals surface area contributed by atoms with Crippen molar-refractivity contribution in [3.8, 4) is 5.75 Å².